The molecule has 2 fully saturated rings. The van der Waals surface area contributed by atoms with E-state index in [1.807, 2.05) is 18.2 Å². The molecule has 0 saturated carbocycles. The van der Waals surface area contributed by atoms with Crippen molar-refractivity contribution >= 4 is 23.4 Å². The summed E-state index contributed by atoms with van der Waals surface area (Å²) < 4.78 is 27.1. The number of halogens is 2. The molecule has 2 aromatic carbocycles. The van der Waals surface area contributed by atoms with E-state index in [9.17, 15) is 23.2 Å². The van der Waals surface area contributed by atoms with Crippen molar-refractivity contribution in [1.29, 1.82) is 0 Å². The molecular formula is C25H27F2N3O3. The number of amides is 3. The number of nitrogens with zero attached hydrogens (tertiary/aromatic N) is 3. The third-order valence-electron chi connectivity index (χ3n) is 6.28. The maximum absolute atomic E-state index is 13.5. The first-order chi connectivity index (χ1) is 15.9. The number of anilines is 1. The third kappa shape index (κ3) is 5.56. The highest BCUT2D eigenvalue weighted by Gasteiger charge is 2.38. The molecule has 174 valence electrons. The monoisotopic (exact) mass is 455 g/mol. The molecular weight excluding hydrogens is 428 g/mol. The third-order valence-corrected chi connectivity index (χ3v) is 6.28. The molecule has 0 N–H and O–H groups in total. The van der Waals surface area contributed by atoms with Crippen LogP contribution in [0.15, 0.2) is 48.5 Å². The summed E-state index contributed by atoms with van der Waals surface area (Å²) in [5.41, 5.74) is 1.33. The molecule has 1 atom stereocenters. The molecule has 8 heteroatoms. The van der Waals surface area contributed by atoms with Crippen molar-refractivity contribution < 1.29 is 23.2 Å². The quantitative estimate of drug-likeness (QED) is 0.673. The van der Waals surface area contributed by atoms with Crippen LogP contribution < -0.4 is 4.90 Å². The topological polar surface area (TPSA) is 60.9 Å². The van der Waals surface area contributed by atoms with Crippen LogP contribution in [0.1, 0.15) is 24.8 Å². The van der Waals surface area contributed by atoms with Crippen LogP contribution in [0, 0.1) is 17.6 Å². The molecule has 0 spiro atoms. The summed E-state index contributed by atoms with van der Waals surface area (Å²) in [7, 11) is 0. The minimum Gasteiger partial charge on any atom is -0.339 e. The minimum atomic E-state index is -0.767. The standard InChI is InChI=1S/C25H27F2N3O3/c26-20-14-21(27)16-22(15-20)30-17-19(13-24(30)32)25(33)29-11-9-28(10-12-29)23(31)8-4-7-18-5-2-1-3-6-18/h1-3,5-6,14-16,19H,4,7-13,17H2. The van der Waals surface area contributed by atoms with Gasteiger partial charge in [-0.1, -0.05) is 30.3 Å². The molecule has 6 nitrogen and oxygen atoms in total. The fraction of sp³-hybridized carbons (Fsp3) is 0.400. The summed E-state index contributed by atoms with van der Waals surface area (Å²) in [5.74, 6) is -2.48. The number of benzene rings is 2. The molecule has 2 aliphatic heterocycles. The molecule has 2 aliphatic rings. The molecule has 1 unspecified atom stereocenters. The van der Waals surface area contributed by atoms with E-state index in [-0.39, 0.29) is 36.4 Å². The first kappa shape index (κ1) is 22.9. The fourth-order valence-corrected chi connectivity index (χ4v) is 4.50. The van der Waals surface area contributed by atoms with Gasteiger partial charge in [0, 0.05) is 57.3 Å². The summed E-state index contributed by atoms with van der Waals surface area (Å²) in [6.45, 7) is 1.87. The van der Waals surface area contributed by atoms with Crippen molar-refractivity contribution in [2.45, 2.75) is 25.7 Å². The molecule has 0 aromatic heterocycles. The van der Waals surface area contributed by atoms with Crippen LogP contribution in [-0.4, -0.2) is 60.2 Å². The number of hydrogen-bond donors (Lipinski definition) is 0. The van der Waals surface area contributed by atoms with Gasteiger partial charge in [0.25, 0.3) is 0 Å². The molecule has 3 amide bonds. The lowest BCUT2D eigenvalue weighted by Gasteiger charge is -2.36. The highest BCUT2D eigenvalue weighted by atomic mass is 19.1. The van der Waals surface area contributed by atoms with E-state index in [1.165, 1.54) is 10.5 Å². The fourth-order valence-electron chi connectivity index (χ4n) is 4.50. The lowest BCUT2D eigenvalue weighted by atomic mass is 10.1. The van der Waals surface area contributed by atoms with E-state index < -0.39 is 17.6 Å². The Morgan fingerprint density at radius 3 is 2.21 bits per heavy atom. The predicted octanol–water partition coefficient (Wildman–Crippen LogP) is 3.01. The van der Waals surface area contributed by atoms with Crippen molar-refractivity contribution in [1.82, 2.24) is 9.80 Å². The molecule has 33 heavy (non-hydrogen) atoms. The predicted molar refractivity (Wildman–Crippen MR) is 119 cm³/mol. The molecule has 0 radical (unpaired) electrons. The Kier molecular flexibility index (Phi) is 7.01. The van der Waals surface area contributed by atoms with Gasteiger partial charge >= 0.3 is 0 Å². The van der Waals surface area contributed by atoms with E-state index in [1.54, 1.807) is 9.80 Å². The second-order valence-corrected chi connectivity index (χ2v) is 8.58. The van der Waals surface area contributed by atoms with Crippen LogP contribution in [0.25, 0.3) is 0 Å². The number of piperazine rings is 1. The Balaban J connectivity index is 1.25. The Morgan fingerprint density at radius 1 is 0.909 bits per heavy atom. The summed E-state index contributed by atoms with van der Waals surface area (Å²) >= 11 is 0. The molecule has 2 aromatic rings. The van der Waals surface area contributed by atoms with Gasteiger partial charge in [-0.05, 0) is 30.5 Å². The number of aryl methyl sites for hydroxylation is 1. The molecule has 2 saturated heterocycles. The highest BCUT2D eigenvalue weighted by Crippen LogP contribution is 2.28. The molecule has 0 aliphatic carbocycles. The SMILES string of the molecule is O=C(CCCc1ccccc1)N1CCN(C(=O)C2CC(=O)N(c3cc(F)cc(F)c3)C2)CC1. The highest BCUT2D eigenvalue weighted by molar-refractivity contribution is 6.00. The summed E-state index contributed by atoms with van der Waals surface area (Å²) in [6, 6.07) is 13.0. The molecule has 2 heterocycles. The zero-order valence-corrected chi connectivity index (χ0v) is 18.4. The maximum atomic E-state index is 13.5. The Hall–Kier alpha value is -3.29. The lowest BCUT2D eigenvalue weighted by molar-refractivity contribution is -0.142. The number of carbonyl (C=O) groups is 3. The van der Waals surface area contributed by atoms with E-state index in [0.717, 1.165) is 31.0 Å². The van der Waals surface area contributed by atoms with Crippen molar-refractivity contribution in [2.24, 2.45) is 5.92 Å². The number of rotatable bonds is 6. The van der Waals surface area contributed by atoms with E-state index in [4.69, 9.17) is 0 Å². The van der Waals surface area contributed by atoms with Crippen LogP contribution in [0.3, 0.4) is 0 Å². The molecule has 4 rings (SSSR count). The van der Waals surface area contributed by atoms with Gasteiger partial charge < -0.3 is 14.7 Å². The van der Waals surface area contributed by atoms with Gasteiger partial charge in [-0.25, -0.2) is 8.78 Å². The van der Waals surface area contributed by atoms with Gasteiger partial charge in [-0.2, -0.15) is 0 Å². The van der Waals surface area contributed by atoms with Crippen LogP contribution >= 0.6 is 0 Å². The van der Waals surface area contributed by atoms with Crippen molar-refractivity contribution in [3.05, 3.63) is 65.7 Å². The van der Waals surface area contributed by atoms with Gasteiger partial charge in [0.2, 0.25) is 17.7 Å². The number of carbonyl (C=O) groups excluding carboxylic acids is 3. The molecule has 0 bridgehead atoms. The van der Waals surface area contributed by atoms with Crippen molar-refractivity contribution in [3.8, 4) is 0 Å². The van der Waals surface area contributed by atoms with Crippen molar-refractivity contribution in [3.63, 3.8) is 0 Å². The van der Waals surface area contributed by atoms with Crippen LogP contribution in [0.4, 0.5) is 14.5 Å². The van der Waals surface area contributed by atoms with Gasteiger partial charge in [-0.3, -0.25) is 14.4 Å². The summed E-state index contributed by atoms with van der Waals surface area (Å²) in [5, 5.41) is 0. The average Bonchev–Trinajstić information content (AvgIpc) is 3.20. The normalized spacial score (nSPS) is 18.7. The van der Waals surface area contributed by atoms with Gasteiger partial charge in [0.05, 0.1) is 5.92 Å². The first-order valence-electron chi connectivity index (χ1n) is 11.3. The Bertz CT molecular complexity index is 1000. The van der Waals surface area contributed by atoms with Gasteiger partial charge in [0.1, 0.15) is 11.6 Å². The van der Waals surface area contributed by atoms with Crippen LogP contribution in [0.5, 0.6) is 0 Å². The van der Waals surface area contributed by atoms with Gasteiger partial charge in [-0.15, -0.1) is 0 Å². The Labute approximate surface area is 191 Å². The second-order valence-electron chi connectivity index (χ2n) is 8.58. The van der Waals surface area contributed by atoms with Crippen LogP contribution in [0.2, 0.25) is 0 Å². The maximum Gasteiger partial charge on any atom is 0.228 e. The number of hydrogen-bond acceptors (Lipinski definition) is 3. The minimum absolute atomic E-state index is 0.00952. The zero-order valence-electron chi connectivity index (χ0n) is 18.4. The first-order valence-corrected chi connectivity index (χ1v) is 11.3. The zero-order chi connectivity index (χ0) is 23.4. The summed E-state index contributed by atoms with van der Waals surface area (Å²) in [4.78, 5) is 42.6. The largest absolute Gasteiger partial charge is 0.339 e. The second kappa shape index (κ2) is 10.1. The lowest BCUT2D eigenvalue weighted by Crippen LogP contribution is -2.52. The van der Waals surface area contributed by atoms with E-state index in [2.05, 4.69) is 12.1 Å². The van der Waals surface area contributed by atoms with Crippen LogP contribution in [-0.2, 0) is 20.8 Å². The van der Waals surface area contributed by atoms with E-state index in [0.29, 0.717) is 32.6 Å². The summed E-state index contributed by atoms with van der Waals surface area (Å²) in [6.07, 6.45) is 2.11. The Morgan fingerprint density at radius 2 is 1.55 bits per heavy atom. The smallest absolute Gasteiger partial charge is 0.228 e. The van der Waals surface area contributed by atoms with Crippen molar-refractivity contribution in [2.75, 3.05) is 37.6 Å². The average molecular weight is 456 g/mol. The van der Waals surface area contributed by atoms with E-state index >= 15 is 0 Å². The van der Waals surface area contributed by atoms with Gasteiger partial charge in [0.15, 0.2) is 0 Å².